The first-order chi connectivity index (χ1) is 12.7. The van der Waals surface area contributed by atoms with Gasteiger partial charge >= 0.3 is 0 Å². The molecule has 0 bridgehead atoms. The van der Waals surface area contributed by atoms with Gasteiger partial charge in [0.15, 0.2) is 6.54 Å². The molecule has 0 aromatic heterocycles. The molecule has 1 unspecified atom stereocenters. The Balaban J connectivity index is 1.83. The lowest BCUT2D eigenvalue weighted by Gasteiger charge is -2.42. The number of para-hydroxylation sites is 2. The highest BCUT2D eigenvalue weighted by Crippen LogP contribution is 2.36. The number of carbonyl (C=O) groups excluding carboxylic acids is 2. The van der Waals surface area contributed by atoms with Crippen LogP contribution < -0.4 is 15.1 Å². The van der Waals surface area contributed by atoms with Crippen molar-refractivity contribution in [2.75, 3.05) is 23.8 Å². The number of nitrogens with one attached hydrogen (secondary N) is 2. The Kier molecular flexibility index (Phi) is 5.22. The van der Waals surface area contributed by atoms with Crippen molar-refractivity contribution in [3.05, 3.63) is 58.9 Å². The molecule has 3 rings (SSSR count). The number of hydrogen-bond donors (Lipinski definition) is 2. The summed E-state index contributed by atoms with van der Waals surface area (Å²) >= 11 is 6.09. The molecule has 1 aliphatic rings. The van der Waals surface area contributed by atoms with Gasteiger partial charge in [-0.2, -0.15) is 0 Å². The number of hydrogen-bond acceptors (Lipinski definition) is 2. The van der Waals surface area contributed by atoms with E-state index in [-0.39, 0.29) is 24.9 Å². The predicted octanol–water partition coefficient (Wildman–Crippen LogP) is 2.26. The smallest absolute Gasteiger partial charge is 0.283 e. The second-order valence-corrected chi connectivity index (χ2v) is 7.68. The second kappa shape index (κ2) is 7.29. The van der Waals surface area contributed by atoms with Crippen LogP contribution in [0.4, 0.5) is 15.8 Å². The number of anilines is 2. The van der Waals surface area contributed by atoms with Crippen molar-refractivity contribution in [2.24, 2.45) is 0 Å². The third-order valence-corrected chi connectivity index (χ3v) is 5.10. The molecule has 0 fully saturated rings. The highest BCUT2D eigenvalue weighted by atomic mass is 35.5. The van der Waals surface area contributed by atoms with Gasteiger partial charge in [-0.25, -0.2) is 4.39 Å². The Morgan fingerprint density at radius 3 is 2.63 bits per heavy atom. The lowest BCUT2D eigenvalue weighted by atomic mass is 9.96. The standard InChI is InChI=1S/C20H21ClFN3O2/c1-20(2)19(27)23-16-9-4-5-10-17(16)25(20)18(26)12-24(3)11-13-14(21)7-6-8-15(13)22/h4-10H,11-12H2,1-3H3,(H,23,27)/p+1. The van der Waals surface area contributed by atoms with Crippen molar-refractivity contribution in [2.45, 2.75) is 25.9 Å². The molecule has 27 heavy (non-hydrogen) atoms. The summed E-state index contributed by atoms with van der Waals surface area (Å²) in [7, 11) is 1.80. The molecule has 2 aromatic rings. The molecular formula is C20H22ClFN3O2+. The molecule has 5 nitrogen and oxygen atoms in total. The monoisotopic (exact) mass is 390 g/mol. The highest BCUT2D eigenvalue weighted by Gasteiger charge is 2.44. The number of quaternary nitrogens is 1. The molecule has 0 aliphatic carbocycles. The molecule has 1 heterocycles. The Labute approximate surface area is 162 Å². The molecule has 0 radical (unpaired) electrons. The number of likely N-dealkylation sites (N-methyl/N-ethyl adjacent to an activating group) is 1. The van der Waals surface area contributed by atoms with Crippen molar-refractivity contribution in [3.63, 3.8) is 0 Å². The summed E-state index contributed by atoms with van der Waals surface area (Å²) in [5.41, 5.74) is 0.607. The molecule has 142 valence electrons. The van der Waals surface area contributed by atoms with Crippen molar-refractivity contribution in [3.8, 4) is 0 Å². The molecular weight excluding hydrogens is 369 g/mol. The molecule has 2 amide bonds. The first-order valence-electron chi connectivity index (χ1n) is 8.69. The van der Waals surface area contributed by atoms with Gasteiger partial charge in [0.25, 0.3) is 5.91 Å². The number of amides is 2. The first-order valence-corrected chi connectivity index (χ1v) is 9.07. The minimum atomic E-state index is -1.03. The van der Waals surface area contributed by atoms with E-state index in [1.165, 1.54) is 11.0 Å². The van der Waals surface area contributed by atoms with Crippen LogP contribution in [0.15, 0.2) is 42.5 Å². The Hall–Kier alpha value is -2.44. The third-order valence-electron chi connectivity index (χ3n) is 4.75. The van der Waals surface area contributed by atoms with Crippen LogP contribution in [0.2, 0.25) is 5.02 Å². The second-order valence-electron chi connectivity index (χ2n) is 7.27. The molecule has 0 saturated carbocycles. The fourth-order valence-electron chi connectivity index (χ4n) is 3.30. The van der Waals surface area contributed by atoms with Gasteiger partial charge in [-0.15, -0.1) is 0 Å². The molecule has 7 heteroatoms. The van der Waals surface area contributed by atoms with Gasteiger partial charge in [0.1, 0.15) is 17.9 Å². The molecule has 2 aromatic carbocycles. The average molecular weight is 391 g/mol. The maximum atomic E-state index is 14.0. The summed E-state index contributed by atoms with van der Waals surface area (Å²) in [5.74, 6) is -0.853. The lowest BCUT2D eigenvalue weighted by Crippen LogP contribution is -3.09. The number of carbonyl (C=O) groups is 2. The number of benzene rings is 2. The fraction of sp³-hybridized carbons (Fsp3) is 0.300. The maximum absolute atomic E-state index is 14.0. The van der Waals surface area contributed by atoms with Crippen LogP contribution in [0.5, 0.6) is 0 Å². The zero-order valence-electron chi connectivity index (χ0n) is 15.5. The number of rotatable bonds is 4. The topological polar surface area (TPSA) is 53.9 Å². The van der Waals surface area contributed by atoms with E-state index in [0.29, 0.717) is 22.0 Å². The van der Waals surface area contributed by atoms with E-state index in [1.807, 2.05) is 6.07 Å². The first kappa shape index (κ1) is 19.3. The summed E-state index contributed by atoms with van der Waals surface area (Å²) < 4.78 is 14.0. The van der Waals surface area contributed by atoms with E-state index in [9.17, 15) is 14.0 Å². The van der Waals surface area contributed by atoms with E-state index < -0.39 is 11.4 Å². The summed E-state index contributed by atoms with van der Waals surface area (Å²) in [6.07, 6.45) is 0. The summed E-state index contributed by atoms with van der Waals surface area (Å²) in [6, 6.07) is 11.7. The van der Waals surface area contributed by atoms with Crippen LogP contribution in [0.3, 0.4) is 0 Å². The molecule has 0 spiro atoms. The third kappa shape index (κ3) is 3.68. The summed E-state index contributed by atoms with van der Waals surface area (Å²) in [4.78, 5) is 27.9. The summed E-state index contributed by atoms with van der Waals surface area (Å²) in [6.45, 7) is 3.77. The number of halogens is 2. The number of nitrogens with zero attached hydrogens (tertiary/aromatic N) is 1. The van der Waals surface area contributed by atoms with Crippen LogP contribution in [0.1, 0.15) is 19.4 Å². The summed E-state index contributed by atoms with van der Waals surface area (Å²) in [5, 5.41) is 3.17. The Morgan fingerprint density at radius 2 is 1.93 bits per heavy atom. The maximum Gasteiger partial charge on any atom is 0.283 e. The fourth-order valence-corrected chi connectivity index (χ4v) is 3.53. The van der Waals surface area contributed by atoms with E-state index in [2.05, 4.69) is 5.32 Å². The van der Waals surface area contributed by atoms with Gasteiger partial charge in [0.2, 0.25) is 5.91 Å². The van der Waals surface area contributed by atoms with E-state index in [1.54, 1.807) is 51.2 Å². The van der Waals surface area contributed by atoms with Gasteiger partial charge in [-0.3, -0.25) is 14.5 Å². The van der Waals surface area contributed by atoms with E-state index >= 15 is 0 Å². The van der Waals surface area contributed by atoms with Crippen molar-refractivity contribution >= 4 is 34.8 Å². The zero-order chi connectivity index (χ0) is 19.8. The van der Waals surface area contributed by atoms with Crippen molar-refractivity contribution in [1.29, 1.82) is 0 Å². The minimum Gasteiger partial charge on any atom is -0.326 e. The quantitative estimate of drug-likeness (QED) is 0.841. The zero-order valence-corrected chi connectivity index (χ0v) is 16.2. The average Bonchev–Trinajstić information content (AvgIpc) is 2.59. The lowest BCUT2D eigenvalue weighted by molar-refractivity contribution is -0.885. The van der Waals surface area contributed by atoms with Gasteiger partial charge in [0.05, 0.1) is 29.0 Å². The van der Waals surface area contributed by atoms with Crippen LogP contribution in [0, 0.1) is 5.82 Å². The SMILES string of the molecule is C[NH+](CC(=O)N1c2ccccc2NC(=O)C1(C)C)Cc1c(F)cccc1Cl. The van der Waals surface area contributed by atoms with Gasteiger partial charge < -0.3 is 10.2 Å². The van der Waals surface area contributed by atoms with Crippen LogP contribution in [-0.2, 0) is 16.1 Å². The van der Waals surface area contributed by atoms with Gasteiger partial charge in [0, 0.05) is 0 Å². The van der Waals surface area contributed by atoms with Crippen LogP contribution in [0.25, 0.3) is 0 Å². The van der Waals surface area contributed by atoms with E-state index in [0.717, 1.165) is 4.90 Å². The largest absolute Gasteiger partial charge is 0.326 e. The van der Waals surface area contributed by atoms with Crippen LogP contribution >= 0.6 is 11.6 Å². The van der Waals surface area contributed by atoms with Gasteiger partial charge in [-0.1, -0.05) is 29.8 Å². The highest BCUT2D eigenvalue weighted by molar-refractivity contribution is 6.31. The van der Waals surface area contributed by atoms with Crippen molar-refractivity contribution < 1.29 is 18.9 Å². The molecule has 1 atom stereocenters. The Bertz CT molecular complexity index is 880. The minimum absolute atomic E-state index is 0.0930. The molecule has 2 N–H and O–H groups in total. The van der Waals surface area contributed by atoms with Crippen molar-refractivity contribution in [1.82, 2.24) is 0 Å². The van der Waals surface area contributed by atoms with Crippen LogP contribution in [-0.4, -0.2) is 30.9 Å². The molecule has 0 saturated heterocycles. The Morgan fingerprint density at radius 1 is 1.22 bits per heavy atom. The molecule has 1 aliphatic heterocycles. The normalized spacial score (nSPS) is 16.5. The number of fused-ring (bicyclic) bond motifs is 1. The van der Waals surface area contributed by atoms with E-state index in [4.69, 9.17) is 11.6 Å². The van der Waals surface area contributed by atoms with Gasteiger partial charge in [-0.05, 0) is 38.1 Å². The predicted molar refractivity (Wildman–Crippen MR) is 104 cm³/mol.